The summed E-state index contributed by atoms with van der Waals surface area (Å²) >= 11 is 0. The number of hydrogen-bond donors (Lipinski definition) is 3. The molecule has 1 aromatic carbocycles. The molecule has 0 radical (unpaired) electrons. The van der Waals surface area contributed by atoms with E-state index in [1.807, 2.05) is 6.07 Å². The summed E-state index contributed by atoms with van der Waals surface area (Å²) in [5, 5.41) is 11.1. The summed E-state index contributed by atoms with van der Waals surface area (Å²) < 4.78 is 30.7. The number of hydrogen-bond acceptors (Lipinski definition) is 9. The highest BCUT2D eigenvalue weighted by molar-refractivity contribution is 5.91. The van der Waals surface area contributed by atoms with E-state index in [4.69, 9.17) is 14.2 Å². The number of benzene rings is 1. The van der Waals surface area contributed by atoms with Gasteiger partial charge in [-0.2, -0.15) is 0 Å². The summed E-state index contributed by atoms with van der Waals surface area (Å²) in [6.07, 6.45) is 8.14. The third kappa shape index (κ3) is 5.11. The third-order valence-corrected chi connectivity index (χ3v) is 7.43. The quantitative estimate of drug-likeness (QED) is 0.440. The summed E-state index contributed by atoms with van der Waals surface area (Å²) in [6, 6.07) is 5.13. The molecule has 2 fully saturated rings. The Hall–Kier alpha value is -3.66. The molecule has 1 saturated heterocycles. The van der Waals surface area contributed by atoms with E-state index in [9.17, 15) is 9.18 Å². The average molecular weight is 510 g/mol. The third-order valence-electron chi connectivity index (χ3n) is 7.43. The number of halogens is 1. The fourth-order valence-corrected chi connectivity index (χ4v) is 5.43. The molecular formula is C27H32FN5O4. The lowest BCUT2D eigenvalue weighted by atomic mass is 9.62. The van der Waals surface area contributed by atoms with Crippen molar-refractivity contribution >= 4 is 28.7 Å². The molecule has 3 aromatic rings. The number of piperidine rings is 1. The van der Waals surface area contributed by atoms with E-state index in [0.29, 0.717) is 53.5 Å². The van der Waals surface area contributed by atoms with Crippen molar-refractivity contribution in [2.75, 3.05) is 51.0 Å². The number of nitrogens with zero attached hydrogens (tertiary/aromatic N) is 2. The van der Waals surface area contributed by atoms with Crippen LogP contribution in [-0.2, 0) is 9.53 Å². The first-order chi connectivity index (χ1) is 18.1. The summed E-state index contributed by atoms with van der Waals surface area (Å²) in [5.74, 6) is 1.35. The van der Waals surface area contributed by atoms with Crippen molar-refractivity contribution in [3.8, 4) is 22.8 Å². The number of nitrogens with one attached hydrogen (secondary N) is 3. The molecule has 1 spiro atoms. The maximum absolute atomic E-state index is 14.8. The van der Waals surface area contributed by atoms with Gasteiger partial charge in [0.25, 0.3) is 6.47 Å². The Morgan fingerprint density at radius 1 is 1.11 bits per heavy atom. The highest BCUT2D eigenvalue weighted by Crippen LogP contribution is 2.49. The number of pyridine rings is 2. The van der Waals surface area contributed by atoms with Gasteiger partial charge in [-0.15, -0.1) is 0 Å². The van der Waals surface area contributed by atoms with Gasteiger partial charge in [-0.3, -0.25) is 4.79 Å². The van der Waals surface area contributed by atoms with Gasteiger partial charge in [-0.25, -0.2) is 14.4 Å². The van der Waals surface area contributed by atoms with Crippen LogP contribution in [0.3, 0.4) is 0 Å². The fraction of sp³-hybridized carbons (Fsp3) is 0.444. The zero-order valence-corrected chi connectivity index (χ0v) is 21.1. The minimum atomic E-state index is -0.358. The normalized spacial score (nSPS) is 17.8. The molecular weight excluding hydrogens is 477 g/mol. The topological polar surface area (TPSA) is 107 Å². The van der Waals surface area contributed by atoms with Crippen molar-refractivity contribution in [2.45, 2.75) is 31.8 Å². The van der Waals surface area contributed by atoms with Crippen LogP contribution in [0.15, 0.2) is 30.6 Å². The average Bonchev–Trinajstić information content (AvgIpc) is 2.92. The molecule has 1 aliphatic carbocycles. The lowest BCUT2D eigenvalue weighted by Gasteiger charge is -2.49. The minimum Gasteiger partial charge on any atom is -0.494 e. The van der Waals surface area contributed by atoms with Crippen LogP contribution in [-0.4, -0.2) is 62.9 Å². The van der Waals surface area contributed by atoms with Gasteiger partial charge in [0.2, 0.25) is 5.88 Å². The molecule has 0 amide bonds. The second kappa shape index (κ2) is 10.8. The molecule has 2 aromatic heterocycles. The van der Waals surface area contributed by atoms with E-state index < -0.39 is 0 Å². The van der Waals surface area contributed by atoms with Crippen LogP contribution in [0.1, 0.15) is 25.7 Å². The van der Waals surface area contributed by atoms with Gasteiger partial charge in [0.15, 0.2) is 5.75 Å². The van der Waals surface area contributed by atoms with Gasteiger partial charge in [0, 0.05) is 42.5 Å². The first-order valence-corrected chi connectivity index (χ1v) is 12.6. The van der Waals surface area contributed by atoms with Crippen LogP contribution in [0, 0.1) is 11.2 Å². The summed E-state index contributed by atoms with van der Waals surface area (Å²) in [7, 11) is 3.35. The van der Waals surface area contributed by atoms with E-state index in [1.54, 1.807) is 32.6 Å². The maximum atomic E-state index is 14.8. The van der Waals surface area contributed by atoms with E-state index in [2.05, 4.69) is 25.9 Å². The maximum Gasteiger partial charge on any atom is 0.293 e. The zero-order valence-electron chi connectivity index (χ0n) is 21.1. The molecule has 6 rings (SSSR count). The lowest BCUT2D eigenvalue weighted by molar-refractivity contribution is -0.147. The van der Waals surface area contributed by atoms with Crippen molar-refractivity contribution in [1.82, 2.24) is 15.3 Å². The van der Waals surface area contributed by atoms with Crippen molar-refractivity contribution in [2.24, 2.45) is 5.41 Å². The Bertz CT molecular complexity index is 1270. The Balaban J connectivity index is 0.000000195. The monoisotopic (exact) mass is 509 g/mol. The molecule has 0 bridgehead atoms. The van der Waals surface area contributed by atoms with Crippen LogP contribution in [0.2, 0.25) is 0 Å². The molecule has 3 N–H and O–H groups in total. The van der Waals surface area contributed by atoms with Gasteiger partial charge in [-0.05, 0) is 67.8 Å². The second-order valence-electron chi connectivity index (χ2n) is 9.67. The van der Waals surface area contributed by atoms with Crippen LogP contribution in [0.25, 0.3) is 21.9 Å². The van der Waals surface area contributed by atoms with E-state index in [1.165, 1.54) is 18.9 Å². The second-order valence-corrected chi connectivity index (χ2v) is 9.67. The smallest absolute Gasteiger partial charge is 0.293 e. The van der Waals surface area contributed by atoms with Crippen molar-refractivity contribution < 1.29 is 23.4 Å². The Morgan fingerprint density at radius 2 is 1.92 bits per heavy atom. The highest BCUT2D eigenvalue weighted by Gasteiger charge is 2.45. The SMILES string of the molecule is CNc1cc2cc(-c3cnc4c(c3OC)NCCO4)c(F)cc2cn1.O=COC1CC2(CCNCC2)C1. The largest absolute Gasteiger partial charge is 0.494 e. The molecule has 4 heterocycles. The number of aromatic nitrogens is 2. The Morgan fingerprint density at radius 3 is 2.65 bits per heavy atom. The minimum absolute atomic E-state index is 0.223. The van der Waals surface area contributed by atoms with Gasteiger partial charge in [0.1, 0.15) is 30.0 Å². The van der Waals surface area contributed by atoms with E-state index in [-0.39, 0.29) is 11.9 Å². The molecule has 0 unspecified atom stereocenters. The van der Waals surface area contributed by atoms with Crippen LogP contribution in [0.4, 0.5) is 15.9 Å². The summed E-state index contributed by atoms with van der Waals surface area (Å²) in [4.78, 5) is 18.6. The number of carbonyl (C=O) groups is 1. The predicted octanol–water partition coefficient (Wildman–Crippen LogP) is 3.98. The molecule has 9 nitrogen and oxygen atoms in total. The first kappa shape index (κ1) is 25.0. The molecule has 1 saturated carbocycles. The predicted molar refractivity (Wildman–Crippen MR) is 140 cm³/mol. The molecule has 196 valence electrons. The number of fused-ring (bicyclic) bond motifs is 2. The molecule has 37 heavy (non-hydrogen) atoms. The zero-order chi connectivity index (χ0) is 25.8. The molecule has 0 atom stereocenters. The lowest BCUT2D eigenvalue weighted by Crippen LogP contribution is -2.48. The standard InChI is InChI=1S/C18H17FN4O2.C9H15NO2/c1-20-15-7-10-5-12(14(19)6-11(10)8-22-15)13-9-23-18-16(17(13)24-2)21-3-4-25-18;11-7-12-8-5-9(6-8)1-3-10-4-2-9/h5-9,21H,3-4H2,1-2H3,(H,20,22);7-8,10H,1-6H2. The Labute approximate surface area is 215 Å². The van der Waals surface area contributed by atoms with Crippen molar-refractivity contribution in [3.63, 3.8) is 0 Å². The number of ether oxygens (including phenoxy) is 3. The number of rotatable bonds is 5. The van der Waals surface area contributed by atoms with Gasteiger partial charge < -0.3 is 30.2 Å². The Kier molecular flexibility index (Phi) is 7.27. The van der Waals surface area contributed by atoms with Crippen LogP contribution >= 0.6 is 0 Å². The highest BCUT2D eigenvalue weighted by atomic mass is 19.1. The number of carbonyl (C=O) groups excluding carboxylic acids is 1. The molecule has 10 heteroatoms. The van der Waals surface area contributed by atoms with Gasteiger partial charge in [-0.1, -0.05) is 0 Å². The van der Waals surface area contributed by atoms with Gasteiger partial charge >= 0.3 is 0 Å². The van der Waals surface area contributed by atoms with Gasteiger partial charge in [0.05, 0.1) is 7.11 Å². The fourth-order valence-electron chi connectivity index (χ4n) is 5.43. The van der Waals surface area contributed by atoms with E-state index in [0.717, 1.165) is 42.5 Å². The van der Waals surface area contributed by atoms with Crippen molar-refractivity contribution in [3.05, 3.63) is 36.4 Å². The first-order valence-electron chi connectivity index (χ1n) is 12.6. The van der Waals surface area contributed by atoms with E-state index >= 15 is 0 Å². The van der Waals surface area contributed by atoms with Crippen LogP contribution in [0.5, 0.6) is 11.6 Å². The number of anilines is 2. The molecule has 2 aliphatic heterocycles. The van der Waals surface area contributed by atoms with Crippen molar-refractivity contribution in [1.29, 1.82) is 0 Å². The van der Waals surface area contributed by atoms with Crippen LogP contribution < -0.4 is 25.4 Å². The summed E-state index contributed by atoms with van der Waals surface area (Å²) in [6.45, 7) is 4.03. The number of methoxy groups -OCH3 is 1. The summed E-state index contributed by atoms with van der Waals surface area (Å²) in [5.41, 5.74) is 2.16. The molecule has 3 aliphatic rings.